The zero-order valence-electron chi connectivity index (χ0n) is 17.7. The fraction of sp³-hybridized carbons (Fsp3) is 0.458. The average Bonchev–Trinajstić information content (AvgIpc) is 2.61. The Morgan fingerprint density at radius 1 is 0.926 bits per heavy atom. The smallest absolute Gasteiger partial charge is 0.261 e. The minimum atomic E-state index is -0.554. The molecule has 2 unspecified atom stereocenters. The monoisotopic (exact) mass is 367 g/mol. The summed E-state index contributed by atoms with van der Waals surface area (Å²) in [6, 6.07) is 16.3. The van der Waals surface area contributed by atoms with Gasteiger partial charge in [0.2, 0.25) is 0 Å². The van der Waals surface area contributed by atoms with Crippen LogP contribution in [0.1, 0.15) is 77.1 Å². The first-order valence-electron chi connectivity index (χ1n) is 9.76. The van der Waals surface area contributed by atoms with Gasteiger partial charge in [-0.15, -0.1) is 0 Å². The summed E-state index contributed by atoms with van der Waals surface area (Å²) in [7, 11) is 0. The van der Waals surface area contributed by atoms with Gasteiger partial charge in [0.25, 0.3) is 5.91 Å². The second kappa shape index (κ2) is 8.60. The Hall–Kier alpha value is -2.29. The van der Waals surface area contributed by atoms with Crippen molar-refractivity contribution < 1.29 is 9.53 Å². The maximum absolute atomic E-state index is 12.6. The number of hydrogen-bond donors (Lipinski definition) is 1. The molecule has 0 fully saturated rings. The Morgan fingerprint density at radius 2 is 1.52 bits per heavy atom. The number of carbonyl (C=O) groups excluding carboxylic acids is 1. The van der Waals surface area contributed by atoms with Gasteiger partial charge in [-0.3, -0.25) is 4.79 Å². The zero-order valence-corrected chi connectivity index (χ0v) is 17.7. The fourth-order valence-corrected chi connectivity index (χ4v) is 2.99. The lowest BCUT2D eigenvalue weighted by molar-refractivity contribution is -0.127. The summed E-state index contributed by atoms with van der Waals surface area (Å²) < 4.78 is 5.96. The Kier molecular flexibility index (Phi) is 6.69. The lowest BCUT2D eigenvalue weighted by Gasteiger charge is -2.22. The first-order chi connectivity index (χ1) is 12.6. The van der Waals surface area contributed by atoms with E-state index in [1.165, 1.54) is 5.56 Å². The molecule has 1 amide bonds. The predicted molar refractivity (Wildman–Crippen MR) is 112 cm³/mol. The van der Waals surface area contributed by atoms with E-state index in [1.54, 1.807) is 6.92 Å². The number of hydrogen-bond acceptors (Lipinski definition) is 2. The molecule has 3 nitrogen and oxygen atoms in total. The predicted octanol–water partition coefficient (Wildman–Crippen LogP) is 5.75. The number of nitrogens with one attached hydrogen (secondary N) is 1. The number of benzene rings is 2. The molecular weight excluding hydrogens is 334 g/mol. The Balaban J connectivity index is 2.02. The highest BCUT2D eigenvalue weighted by molar-refractivity contribution is 5.81. The first kappa shape index (κ1) is 21.0. The second-order valence-electron chi connectivity index (χ2n) is 8.55. The van der Waals surface area contributed by atoms with E-state index in [4.69, 9.17) is 4.74 Å². The number of amides is 1. The van der Waals surface area contributed by atoms with Crippen molar-refractivity contribution in [3.8, 4) is 5.75 Å². The van der Waals surface area contributed by atoms with Crippen LogP contribution in [0.25, 0.3) is 0 Å². The standard InChI is InChI=1S/C24H33NO2/c1-16(2)21-10-8-9-11-22(21)27-18(4)23(26)25-17(3)19-12-14-20(15-13-19)24(5,6)7/h8-18H,1-7H3,(H,25,26). The molecular formula is C24H33NO2. The van der Waals surface area contributed by atoms with E-state index in [-0.39, 0.29) is 17.4 Å². The maximum atomic E-state index is 12.6. The highest BCUT2D eigenvalue weighted by Gasteiger charge is 2.20. The van der Waals surface area contributed by atoms with Gasteiger partial charge in [0.1, 0.15) is 5.75 Å². The van der Waals surface area contributed by atoms with Crippen molar-refractivity contribution in [2.75, 3.05) is 0 Å². The molecule has 0 aliphatic carbocycles. The molecule has 0 aliphatic heterocycles. The molecule has 0 aliphatic rings. The van der Waals surface area contributed by atoms with Crippen LogP contribution in [-0.4, -0.2) is 12.0 Å². The minimum absolute atomic E-state index is 0.0714. The van der Waals surface area contributed by atoms with Gasteiger partial charge in [0.15, 0.2) is 6.10 Å². The van der Waals surface area contributed by atoms with Crippen LogP contribution in [0, 0.1) is 0 Å². The quantitative estimate of drug-likeness (QED) is 0.706. The van der Waals surface area contributed by atoms with Crippen molar-refractivity contribution in [3.63, 3.8) is 0 Å². The maximum Gasteiger partial charge on any atom is 0.261 e. The third-order valence-corrected chi connectivity index (χ3v) is 4.85. The summed E-state index contributed by atoms with van der Waals surface area (Å²) in [5, 5.41) is 3.06. The van der Waals surface area contributed by atoms with Crippen molar-refractivity contribution in [3.05, 3.63) is 65.2 Å². The van der Waals surface area contributed by atoms with E-state index in [9.17, 15) is 4.79 Å². The number of carbonyl (C=O) groups is 1. The van der Waals surface area contributed by atoms with Crippen LogP contribution in [0.2, 0.25) is 0 Å². The first-order valence-corrected chi connectivity index (χ1v) is 9.76. The van der Waals surface area contributed by atoms with Gasteiger partial charge in [0, 0.05) is 0 Å². The molecule has 0 heterocycles. The molecule has 0 spiro atoms. The molecule has 2 aromatic carbocycles. The summed E-state index contributed by atoms with van der Waals surface area (Å²) in [4.78, 5) is 12.6. The Labute approximate surface area is 164 Å². The van der Waals surface area contributed by atoms with Gasteiger partial charge in [-0.2, -0.15) is 0 Å². The van der Waals surface area contributed by atoms with Crippen LogP contribution < -0.4 is 10.1 Å². The summed E-state index contributed by atoms with van der Waals surface area (Å²) in [6.07, 6.45) is -0.554. The van der Waals surface area contributed by atoms with E-state index in [0.29, 0.717) is 5.92 Å². The molecule has 1 N–H and O–H groups in total. The SMILES string of the molecule is CC(Oc1ccccc1C(C)C)C(=O)NC(C)c1ccc(C(C)(C)C)cc1. The van der Waals surface area contributed by atoms with E-state index in [0.717, 1.165) is 16.9 Å². The van der Waals surface area contributed by atoms with Crippen LogP contribution in [0.15, 0.2) is 48.5 Å². The molecule has 2 aromatic rings. The van der Waals surface area contributed by atoms with E-state index in [1.807, 2.05) is 31.2 Å². The molecule has 0 bridgehead atoms. The molecule has 3 heteroatoms. The zero-order chi connectivity index (χ0) is 20.2. The lowest BCUT2D eigenvalue weighted by atomic mass is 9.86. The van der Waals surface area contributed by atoms with Gasteiger partial charge < -0.3 is 10.1 Å². The number of para-hydroxylation sites is 1. The highest BCUT2D eigenvalue weighted by atomic mass is 16.5. The summed E-state index contributed by atoms with van der Waals surface area (Å²) in [5.74, 6) is 1.01. The van der Waals surface area contributed by atoms with Crippen molar-refractivity contribution in [2.24, 2.45) is 0 Å². The van der Waals surface area contributed by atoms with Crippen molar-refractivity contribution in [2.45, 2.75) is 71.9 Å². The Morgan fingerprint density at radius 3 is 2.07 bits per heavy atom. The minimum Gasteiger partial charge on any atom is -0.481 e. The van der Waals surface area contributed by atoms with Crippen molar-refractivity contribution in [1.29, 1.82) is 0 Å². The lowest BCUT2D eigenvalue weighted by Crippen LogP contribution is -2.38. The van der Waals surface area contributed by atoms with Crippen LogP contribution in [0.3, 0.4) is 0 Å². The van der Waals surface area contributed by atoms with Crippen molar-refractivity contribution in [1.82, 2.24) is 5.32 Å². The topological polar surface area (TPSA) is 38.3 Å². The van der Waals surface area contributed by atoms with Gasteiger partial charge in [0.05, 0.1) is 6.04 Å². The normalized spacial score (nSPS) is 13.9. The molecule has 2 atom stereocenters. The Bertz CT molecular complexity index is 757. The van der Waals surface area contributed by atoms with Crippen LogP contribution in [0.4, 0.5) is 0 Å². The number of ether oxygens (including phenoxy) is 1. The fourth-order valence-electron chi connectivity index (χ4n) is 2.99. The molecule has 0 saturated carbocycles. The molecule has 0 radical (unpaired) electrons. The van der Waals surface area contributed by atoms with Crippen molar-refractivity contribution >= 4 is 5.91 Å². The summed E-state index contributed by atoms with van der Waals surface area (Å²) >= 11 is 0. The van der Waals surface area contributed by atoms with Gasteiger partial charge in [-0.1, -0.05) is 77.1 Å². The third-order valence-electron chi connectivity index (χ3n) is 4.85. The molecule has 2 rings (SSSR count). The molecule has 0 saturated heterocycles. The van der Waals surface area contributed by atoms with Crippen LogP contribution in [0.5, 0.6) is 5.75 Å². The molecule has 146 valence electrons. The third kappa shape index (κ3) is 5.59. The van der Waals surface area contributed by atoms with Crippen LogP contribution in [-0.2, 0) is 10.2 Å². The number of rotatable bonds is 6. The van der Waals surface area contributed by atoms with E-state index in [2.05, 4.69) is 64.2 Å². The van der Waals surface area contributed by atoms with Crippen LogP contribution >= 0.6 is 0 Å². The highest BCUT2D eigenvalue weighted by Crippen LogP contribution is 2.27. The molecule has 0 aromatic heterocycles. The average molecular weight is 368 g/mol. The second-order valence-corrected chi connectivity index (χ2v) is 8.55. The van der Waals surface area contributed by atoms with Gasteiger partial charge in [-0.05, 0) is 47.9 Å². The van der Waals surface area contributed by atoms with E-state index >= 15 is 0 Å². The van der Waals surface area contributed by atoms with Gasteiger partial charge in [-0.25, -0.2) is 0 Å². The molecule has 27 heavy (non-hydrogen) atoms. The van der Waals surface area contributed by atoms with Gasteiger partial charge >= 0.3 is 0 Å². The summed E-state index contributed by atoms with van der Waals surface area (Å²) in [6.45, 7) is 14.6. The summed E-state index contributed by atoms with van der Waals surface area (Å²) in [5.41, 5.74) is 3.61. The van der Waals surface area contributed by atoms with E-state index < -0.39 is 6.10 Å². The largest absolute Gasteiger partial charge is 0.481 e.